The van der Waals surface area contributed by atoms with Crippen molar-refractivity contribution in [2.24, 2.45) is 5.92 Å². The maximum atomic E-state index is 13.2. The van der Waals surface area contributed by atoms with E-state index in [0.717, 1.165) is 59.3 Å². The second-order valence-corrected chi connectivity index (χ2v) is 14.0. The molecule has 10 heteroatoms. The average Bonchev–Trinajstić information content (AvgIpc) is 3.43. The van der Waals surface area contributed by atoms with Crippen molar-refractivity contribution in [2.75, 3.05) is 43.5 Å². The number of aromatic nitrogens is 3. The smallest absolute Gasteiger partial charge is 0.410 e. The number of hydrogen-bond donors (Lipinski definition) is 1. The number of anilines is 2. The van der Waals surface area contributed by atoms with Gasteiger partial charge in [-0.2, -0.15) is 0 Å². The molecule has 3 aromatic heterocycles. The summed E-state index contributed by atoms with van der Waals surface area (Å²) in [5, 5.41) is 12.4. The van der Waals surface area contributed by atoms with Crippen molar-refractivity contribution >= 4 is 28.8 Å². The molecule has 1 N–H and O–H groups in total. The number of thiazole rings is 1. The van der Waals surface area contributed by atoms with Gasteiger partial charge in [-0.25, -0.2) is 9.78 Å². The van der Waals surface area contributed by atoms with Crippen molar-refractivity contribution in [3.05, 3.63) is 53.6 Å². The van der Waals surface area contributed by atoms with Crippen LogP contribution in [0.1, 0.15) is 70.4 Å². The molecular weight excluding hydrogens is 548 g/mol. The number of nitrogens with zero attached hydrogens (tertiary/aromatic N) is 6. The fourth-order valence-corrected chi connectivity index (χ4v) is 6.45. The standard InChI is InChI=1S/C32H44N6O3S/c1-31(2,3)41-30(39)38(20-22-9-7-10-22)25-11-8-14-37(21-25)24-12-13-27(34-18-24)32(4,40)28-19-35-29(42-28)23-15-26(36(5)6)17-33-16-23/h12-13,15-19,22,25,40H,7-11,14,20-21H2,1-6H3/t25-,32?/m1/s1. The van der Waals surface area contributed by atoms with Crippen LogP contribution < -0.4 is 9.80 Å². The van der Waals surface area contributed by atoms with E-state index in [-0.39, 0.29) is 12.1 Å². The van der Waals surface area contributed by atoms with Crippen LogP contribution in [0.25, 0.3) is 10.6 Å². The zero-order valence-electron chi connectivity index (χ0n) is 25.7. The zero-order valence-corrected chi connectivity index (χ0v) is 26.5. The minimum Gasteiger partial charge on any atom is -0.444 e. The second kappa shape index (κ2) is 12.2. The first-order valence-electron chi connectivity index (χ1n) is 14.9. The number of pyridine rings is 2. The van der Waals surface area contributed by atoms with Crippen LogP contribution in [0.5, 0.6) is 0 Å². The maximum absolute atomic E-state index is 13.2. The van der Waals surface area contributed by atoms with Gasteiger partial charge in [0.25, 0.3) is 0 Å². The number of amides is 1. The largest absolute Gasteiger partial charge is 0.444 e. The van der Waals surface area contributed by atoms with Crippen molar-refractivity contribution in [1.82, 2.24) is 19.9 Å². The molecule has 0 bridgehead atoms. The van der Waals surface area contributed by atoms with Crippen LogP contribution in [-0.2, 0) is 10.3 Å². The number of carbonyl (C=O) groups is 1. The Morgan fingerprint density at radius 1 is 1.07 bits per heavy atom. The molecule has 0 radical (unpaired) electrons. The monoisotopic (exact) mass is 592 g/mol. The first-order valence-corrected chi connectivity index (χ1v) is 15.7. The number of piperidine rings is 1. The highest BCUT2D eigenvalue weighted by atomic mass is 32.1. The van der Waals surface area contributed by atoms with Crippen LogP contribution in [0.4, 0.5) is 16.2 Å². The normalized spacial score (nSPS) is 19.1. The van der Waals surface area contributed by atoms with Gasteiger partial charge in [0, 0.05) is 51.7 Å². The summed E-state index contributed by atoms with van der Waals surface area (Å²) in [4.78, 5) is 33.9. The van der Waals surface area contributed by atoms with Gasteiger partial charge in [0.05, 0.1) is 40.4 Å². The highest BCUT2D eigenvalue weighted by Gasteiger charge is 2.35. The number of ether oxygens (including phenoxy) is 1. The first-order chi connectivity index (χ1) is 19.9. The highest BCUT2D eigenvalue weighted by molar-refractivity contribution is 7.15. The molecule has 1 saturated carbocycles. The molecule has 0 aromatic carbocycles. The Balaban J connectivity index is 1.29. The zero-order chi connectivity index (χ0) is 30.1. The van der Waals surface area contributed by atoms with E-state index in [0.29, 0.717) is 11.6 Å². The van der Waals surface area contributed by atoms with Gasteiger partial charge in [0.2, 0.25) is 0 Å². The summed E-state index contributed by atoms with van der Waals surface area (Å²) in [5.41, 5.74) is 1.65. The Morgan fingerprint density at radius 2 is 1.86 bits per heavy atom. The maximum Gasteiger partial charge on any atom is 0.410 e. The van der Waals surface area contributed by atoms with E-state index < -0.39 is 11.2 Å². The Labute approximate surface area is 253 Å². The van der Waals surface area contributed by atoms with E-state index in [1.165, 1.54) is 30.6 Å². The minimum absolute atomic E-state index is 0.0908. The van der Waals surface area contributed by atoms with Gasteiger partial charge < -0.3 is 24.5 Å². The van der Waals surface area contributed by atoms with Crippen LogP contribution >= 0.6 is 11.3 Å². The molecule has 1 aliphatic carbocycles. The van der Waals surface area contributed by atoms with Crippen LogP contribution in [0.3, 0.4) is 0 Å². The van der Waals surface area contributed by atoms with Crippen molar-refractivity contribution < 1.29 is 14.6 Å². The van der Waals surface area contributed by atoms with Gasteiger partial charge in [-0.05, 0) is 77.5 Å². The van der Waals surface area contributed by atoms with E-state index in [1.54, 1.807) is 19.3 Å². The SMILES string of the molecule is CN(C)c1cncc(-c2ncc(C(C)(O)c3ccc(N4CCC[C@@H](N(CC5CCC5)C(=O)OC(C)(C)C)C4)cn3)s2)c1. The third-order valence-corrected chi connectivity index (χ3v) is 9.49. The van der Waals surface area contributed by atoms with Crippen LogP contribution in [0.2, 0.25) is 0 Å². The molecule has 1 unspecified atom stereocenters. The topological polar surface area (TPSA) is 94.9 Å². The summed E-state index contributed by atoms with van der Waals surface area (Å²) >= 11 is 1.44. The lowest BCUT2D eigenvalue weighted by Gasteiger charge is -2.43. The molecule has 3 aromatic rings. The fraction of sp³-hybridized carbons (Fsp3) is 0.562. The molecule has 1 amide bonds. The summed E-state index contributed by atoms with van der Waals surface area (Å²) in [6.07, 6.45) is 12.5. The Bertz CT molecular complexity index is 1360. The quantitative estimate of drug-likeness (QED) is 0.344. The van der Waals surface area contributed by atoms with E-state index in [2.05, 4.69) is 14.9 Å². The van der Waals surface area contributed by atoms with Gasteiger partial charge in [-0.1, -0.05) is 6.42 Å². The van der Waals surface area contributed by atoms with Crippen molar-refractivity contribution in [2.45, 2.75) is 77.0 Å². The molecule has 226 valence electrons. The lowest BCUT2D eigenvalue weighted by atomic mass is 9.84. The molecular formula is C32H44N6O3S. The summed E-state index contributed by atoms with van der Waals surface area (Å²) in [6.45, 7) is 9.94. The van der Waals surface area contributed by atoms with Gasteiger partial charge in [0.1, 0.15) is 16.2 Å². The number of rotatable bonds is 8. The highest BCUT2D eigenvalue weighted by Crippen LogP contribution is 2.37. The molecule has 0 spiro atoms. The van der Waals surface area contributed by atoms with Crippen molar-refractivity contribution in [3.8, 4) is 10.6 Å². The Morgan fingerprint density at radius 3 is 2.50 bits per heavy atom. The molecule has 1 aliphatic heterocycles. The van der Waals surface area contributed by atoms with Crippen LogP contribution in [0, 0.1) is 5.92 Å². The van der Waals surface area contributed by atoms with E-state index in [9.17, 15) is 9.90 Å². The van der Waals surface area contributed by atoms with Gasteiger partial charge >= 0.3 is 6.09 Å². The Hall–Kier alpha value is -3.24. The number of aliphatic hydroxyl groups is 1. The van der Waals surface area contributed by atoms with Gasteiger partial charge in [-0.3, -0.25) is 9.97 Å². The van der Waals surface area contributed by atoms with E-state index in [4.69, 9.17) is 9.72 Å². The molecule has 4 heterocycles. The summed E-state index contributed by atoms with van der Waals surface area (Å²) in [6, 6.07) is 6.05. The predicted octanol–water partition coefficient (Wildman–Crippen LogP) is 5.93. The van der Waals surface area contributed by atoms with Crippen molar-refractivity contribution in [1.29, 1.82) is 0 Å². The lowest BCUT2D eigenvalue weighted by molar-refractivity contribution is 0.00735. The summed E-state index contributed by atoms with van der Waals surface area (Å²) < 4.78 is 5.82. The second-order valence-electron chi connectivity index (χ2n) is 13.0. The van der Waals surface area contributed by atoms with Gasteiger partial charge in [-0.15, -0.1) is 11.3 Å². The third-order valence-electron chi connectivity index (χ3n) is 8.23. The molecule has 9 nitrogen and oxygen atoms in total. The molecule has 5 rings (SSSR count). The number of carbonyl (C=O) groups excluding carboxylic acids is 1. The number of hydrogen-bond acceptors (Lipinski definition) is 9. The van der Waals surface area contributed by atoms with Crippen LogP contribution in [0.15, 0.2) is 43.0 Å². The first kappa shape index (κ1) is 30.2. The summed E-state index contributed by atoms with van der Waals surface area (Å²) in [7, 11) is 3.95. The molecule has 1 saturated heterocycles. The molecule has 2 aliphatic rings. The summed E-state index contributed by atoms with van der Waals surface area (Å²) in [5.74, 6) is 0.566. The third kappa shape index (κ3) is 6.86. The fourth-order valence-electron chi connectivity index (χ4n) is 5.50. The lowest BCUT2D eigenvalue weighted by Crippen LogP contribution is -2.53. The van der Waals surface area contributed by atoms with Crippen LogP contribution in [-0.4, -0.2) is 76.4 Å². The van der Waals surface area contributed by atoms with Gasteiger partial charge in [0.15, 0.2) is 0 Å². The minimum atomic E-state index is -1.29. The Kier molecular flexibility index (Phi) is 8.76. The van der Waals surface area contributed by atoms with E-state index >= 15 is 0 Å². The van der Waals surface area contributed by atoms with E-state index in [1.807, 2.05) is 75.3 Å². The van der Waals surface area contributed by atoms with Crippen molar-refractivity contribution in [3.63, 3.8) is 0 Å². The molecule has 42 heavy (non-hydrogen) atoms. The molecule has 2 atom stereocenters. The predicted molar refractivity (Wildman–Crippen MR) is 168 cm³/mol. The molecule has 2 fully saturated rings. The average molecular weight is 593 g/mol.